The molecule has 0 saturated heterocycles. The number of anilines is 1. The maximum Gasteiger partial charge on any atom is 0.412 e. The molecule has 6 heteroatoms. The molecule has 1 heterocycles. The van der Waals surface area contributed by atoms with Crippen LogP contribution in [0, 0.1) is 19.7 Å². The summed E-state index contributed by atoms with van der Waals surface area (Å²) >= 11 is 1.31. The van der Waals surface area contributed by atoms with Gasteiger partial charge in [0, 0.05) is 10.4 Å². The van der Waals surface area contributed by atoms with Crippen LogP contribution >= 0.6 is 11.5 Å². The van der Waals surface area contributed by atoms with Crippen molar-refractivity contribution in [3.63, 3.8) is 0 Å². The smallest absolute Gasteiger partial charge is 0.412 e. The molecular weight excluding hydrogens is 267 g/mol. The number of carbonyl (C=O) groups is 1. The Bertz CT molecular complexity index is 579. The minimum atomic E-state index is -0.616. The van der Waals surface area contributed by atoms with Crippen LogP contribution in [0.15, 0.2) is 24.3 Å². The molecule has 19 heavy (non-hydrogen) atoms. The molecule has 0 atom stereocenters. The first-order valence-corrected chi connectivity index (χ1v) is 6.45. The molecule has 0 unspecified atom stereocenters. The molecule has 100 valence electrons. The lowest BCUT2D eigenvalue weighted by Gasteiger charge is -2.07. The van der Waals surface area contributed by atoms with E-state index in [4.69, 9.17) is 4.74 Å². The number of benzene rings is 1. The van der Waals surface area contributed by atoms with Gasteiger partial charge in [0.1, 0.15) is 12.4 Å². The Labute approximate surface area is 114 Å². The molecule has 0 aliphatic heterocycles. The minimum Gasteiger partial charge on any atom is -0.444 e. The first kappa shape index (κ1) is 13.5. The van der Waals surface area contributed by atoms with Gasteiger partial charge < -0.3 is 4.74 Å². The average molecular weight is 280 g/mol. The molecule has 2 aromatic rings. The second-order valence-electron chi connectivity index (χ2n) is 3.99. The molecule has 0 aliphatic rings. The third kappa shape index (κ3) is 3.29. The van der Waals surface area contributed by atoms with Gasteiger partial charge >= 0.3 is 6.09 Å². The molecule has 0 spiro atoms. The quantitative estimate of drug-likeness (QED) is 0.933. The van der Waals surface area contributed by atoms with Gasteiger partial charge in [0.25, 0.3) is 0 Å². The lowest BCUT2D eigenvalue weighted by Crippen LogP contribution is -2.14. The maximum atomic E-state index is 13.3. The summed E-state index contributed by atoms with van der Waals surface area (Å²) in [5.74, 6) is -0.389. The van der Waals surface area contributed by atoms with Crippen molar-refractivity contribution in [2.24, 2.45) is 0 Å². The normalized spacial score (nSPS) is 10.3. The summed E-state index contributed by atoms with van der Waals surface area (Å²) in [6, 6.07) is 6.18. The monoisotopic (exact) mass is 280 g/mol. The Morgan fingerprint density at radius 3 is 2.79 bits per heavy atom. The Morgan fingerprint density at radius 2 is 2.16 bits per heavy atom. The Hall–Kier alpha value is -1.95. The highest BCUT2D eigenvalue weighted by Gasteiger charge is 2.12. The van der Waals surface area contributed by atoms with Crippen molar-refractivity contribution in [3.05, 3.63) is 46.2 Å². The number of hydrogen-bond acceptors (Lipinski definition) is 4. The van der Waals surface area contributed by atoms with Crippen molar-refractivity contribution in [2.75, 3.05) is 5.32 Å². The molecule has 1 aromatic heterocycles. The number of aromatic nitrogens is 1. The van der Waals surface area contributed by atoms with Crippen molar-refractivity contribution in [1.29, 1.82) is 0 Å². The van der Waals surface area contributed by atoms with Crippen molar-refractivity contribution in [1.82, 2.24) is 4.37 Å². The van der Waals surface area contributed by atoms with Crippen LogP contribution in [0.5, 0.6) is 0 Å². The van der Waals surface area contributed by atoms with Gasteiger partial charge in [-0.1, -0.05) is 18.2 Å². The van der Waals surface area contributed by atoms with Gasteiger partial charge in [-0.25, -0.2) is 9.18 Å². The van der Waals surface area contributed by atoms with E-state index in [1.807, 2.05) is 6.92 Å². The van der Waals surface area contributed by atoms with Crippen LogP contribution in [0.25, 0.3) is 0 Å². The van der Waals surface area contributed by atoms with E-state index in [2.05, 4.69) is 9.69 Å². The van der Waals surface area contributed by atoms with Crippen molar-refractivity contribution >= 4 is 23.3 Å². The van der Waals surface area contributed by atoms with Crippen molar-refractivity contribution in [2.45, 2.75) is 20.5 Å². The number of nitrogens with zero attached hydrogens (tertiary/aromatic N) is 1. The fraction of sp³-hybridized carbons (Fsp3) is 0.231. The van der Waals surface area contributed by atoms with Gasteiger partial charge in [-0.3, -0.25) is 5.32 Å². The zero-order valence-electron chi connectivity index (χ0n) is 10.6. The van der Waals surface area contributed by atoms with E-state index in [1.165, 1.54) is 17.6 Å². The maximum absolute atomic E-state index is 13.3. The van der Waals surface area contributed by atoms with Gasteiger partial charge in [0.05, 0.1) is 11.4 Å². The Kier molecular flexibility index (Phi) is 4.11. The fourth-order valence-corrected chi connectivity index (χ4v) is 2.21. The van der Waals surface area contributed by atoms with Gasteiger partial charge in [0.2, 0.25) is 0 Å². The van der Waals surface area contributed by atoms with E-state index in [-0.39, 0.29) is 12.4 Å². The van der Waals surface area contributed by atoms with Crippen molar-refractivity contribution in [3.8, 4) is 0 Å². The van der Waals surface area contributed by atoms with E-state index in [9.17, 15) is 9.18 Å². The van der Waals surface area contributed by atoms with E-state index in [1.54, 1.807) is 25.1 Å². The highest BCUT2D eigenvalue weighted by atomic mass is 32.1. The van der Waals surface area contributed by atoms with E-state index in [0.717, 1.165) is 10.6 Å². The zero-order chi connectivity index (χ0) is 13.8. The molecule has 2 rings (SSSR count). The summed E-state index contributed by atoms with van der Waals surface area (Å²) in [6.45, 7) is 3.56. The van der Waals surface area contributed by atoms with Crippen LogP contribution in [-0.4, -0.2) is 10.5 Å². The SMILES string of the molecule is Cc1nsc(C)c1NC(=O)OCc1ccccc1F. The number of rotatable bonds is 3. The number of nitrogens with one attached hydrogen (secondary N) is 1. The molecule has 0 bridgehead atoms. The summed E-state index contributed by atoms with van der Waals surface area (Å²) < 4.78 is 22.4. The predicted octanol–water partition coefficient (Wildman–Crippen LogP) is 3.65. The van der Waals surface area contributed by atoms with Gasteiger partial charge in [-0.2, -0.15) is 4.37 Å². The minimum absolute atomic E-state index is 0.103. The van der Waals surface area contributed by atoms with Gasteiger partial charge in [-0.15, -0.1) is 0 Å². The second-order valence-corrected chi connectivity index (χ2v) is 4.97. The third-order valence-corrected chi connectivity index (χ3v) is 3.42. The van der Waals surface area contributed by atoms with Crippen molar-refractivity contribution < 1.29 is 13.9 Å². The van der Waals surface area contributed by atoms with Crippen LogP contribution in [0.3, 0.4) is 0 Å². The van der Waals surface area contributed by atoms with Crippen LogP contribution in [0.4, 0.5) is 14.9 Å². The van der Waals surface area contributed by atoms with E-state index < -0.39 is 6.09 Å². The number of aryl methyl sites for hydroxylation is 2. The largest absolute Gasteiger partial charge is 0.444 e. The van der Waals surface area contributed by atoms with Crippen LogP contribution in [-0.2, 0) is 11.3 Å². The molecule has 0 saturated carbocycles. The molecule has 0 fully saturated rings. The van der Waals surface area contributed by atoms with E-state index in [0.29, 0.717) is 11.3 Å². The standard InChI is InChI=1S/C13H13FN2O2S/c1-8-12(9(2)19-16-8)15-13(17)18-7-10-5-3-4-6-11(10)14/h3-6H,7H2,1-2H3,(H,15,17). The predicted molar refractivity (Wildman–Crippen MR) is 71.8 cm³/mol. The first-order chi connectivity index (χ1) is 9.08. The number of carbonyl (C=O) groups excluding carboxylic acids is 1. The molecule has 1 aromatic carbocycles. The van der Waals surface area contributed by atoms with Crippen LogP contribution in [0.2, 0.25) is 0 Å². The Balaban J connectivity index is 1.94. The van der Waals surface area contributed by atoms with E-state index >= 15 is 0 Å². The summed E-state index contributed by atoms with van der Waals surface area (Å²) in [5.41, 5.74) is 1.74. The van der Waals surface area contributed by atoms with Gasteiger partial charge in [0.15, 0.2) is 0 Å². The summed E-state index contributed by atoms with van der Waals surface area (Å²) in [5, 5.41) is 2.61. The molecule has 0 radical (unpaired) electrons. The summed E-state index contributed by atoms with van der Waals surface area (Å²) in [7, 11) is 0. The fourth-order valence-electron chi connectivity index (χ4n) is 1.56. The summed E-state index contributed by atoms with van der Waals surface area (Å²) in [6.07, 6.45) is -0.616. The topological polar surface area (TPSA) is 51.2 Å². The number of amides is 1. The number of halogens is 1. The Morgan fingerprint density at radius 1 is 1.42 bits per heavy atom. The van der Waals surface area contributed by atoms with Gasteiger partial charge in [-0.05, 0) is 31.4 Å². The highest BCUT2D eigenvalue weighted by Crippen LogP contribution is 2.23. The van der Waals surface area contributed by atoms with Crippen LogP contribution in [0.1, 0.15) is 16.1 Å². The highest BCUT2D eigenvalue weighted by molar-refractivity contribution is 7.06. The number of ether oxygens (including phenoxy) is 1. The molecule has 0 aliphatic carbocycles. The molecule has 1 N–H and O–H groups in total. The lowest BCUT2D eigenvalue weighted by molar-refractivity contribution is 0.153. The number of hydrogen-bond donors (Lipinski definition) is 1. The molecule has 4 nitrogen and oxygen atoms in total. The average Bonchev–Trinajstić information content (AvgIpc) is 2.70. The second kappa shape index (κ2) is 5.79. The van der Waals surface area contributed by atoms with Crippen LogP contribution < -0.4 is 5.32 Å². The first-order valence-electron chi connectivity index (χ1n) is 5.68. The zero-order valence-corrected chi connectivity index (χ0v) is 11.4. The molecule has 1 amide bonds. The molecular formula is C13H13FN2O2S. The third-order valence-electron chi connectivity index (χ3n) is 2.58. The lowest BCUT2D eigenvalue weighted by atomic mass is 10.2. The summed E-state index contributed by atoms with van der Waals surface area (Å²) in [4.78, 5) is 12.5.